The number of rotatable bonds is 2. The number of nitrogens with zero attached hydrogens (tertiary/aromatic N) is 1. The average molecular weight is 152 g/mol. The van der Waals surface area contributed by atoms with Crippen LogP contribution in [-0.4, -0.2) is 0 Å². The average Bonchev–Trinajstić information content (AvgIpc) is 2.03. The molecule has 1 rings (SSSR count). The van der Waals surface area contributed by atoms with Gasteiger partial charge in [0.1, 0.15) is 0 Å². The van der Waals surface area contributed by atoms with Crippen LogP contribution in [0.5, 0.6) is 0 Å². The van der Waals surface area contributed by atoms with Crippen molar-refractivity contribution in [3.63, 3.8) is 0 Å². The van der Waals surface area contributed by atoms with Gasteiger partial charge in [-0.05, 0) is 12.5 Å². The molecule has 0 amide bonds. The lowest BCUT2D eigenvalue weighted by Gasteiger charge is -2.06. The minimum Gasteiger partial charge on any atom is -0.619 e. The van der Waals surface area contributed by atoms with Crippen LogP contribution in [0.3, 0.4) is 0 Å². The van der Waals surface area contributed by atoms with Gasteiger partial charge in [0.15, 0.2) is 12.4 Å². The SMILES string of the molecule is CCC(N)c1ccc[n+]([O-])c1. The van der Waals surface area contributed by atoms with Gasteiger partial charge < -0.3 is 10.9 Å². The van der Waals surface area contributed by atoms with Crippen LogP contribution < -0.4 is 10.5 Å². The maximum atomic E-state index is 10.8. The minimum absolute atomic E-state index is 0.0172. The summed E-state index contributed by atoms with van der Waals surface area (Å²) in [6.45, 7) is 1.99. The zero-order chi connectivity index (χ0) is 8.27. The molecule has 2 N–H and O–H groups in total. The van der Waals surface area contributed by atoms with E-state index in [0.29, 0.717) is 0 Å². The first kappa shape index (κ1) is 8.01. The molecule has 60 valence electrons. The van der Waals surface area contributed by atoms with Gasteiger partial charge in [-0.15, -0.1) is 0 Å². The first-order chi connectivity index (χ1) is 5.24. The monoisotopic (exact) mass is 152 g/mol. The molecule has 0 saturated heterocycles. The quantitative estimate of drug-likeness (QED) is 0.501. The van der Waals surface area contributed by atoms with Gasteiger partial charge in [-0.2, -0.15) is 4.73 Å². The molecule has 3 nitrogen and oxygen atoms in total. The number of aromatic nitrogens is 1. The van der Waals surface area contributed by atoms with E-state index >= 15 is 0 Å². The fourth-order valence-electron chi connectivity index (χ4n) is 0.927. The highest BCUT2D eigenvalue weighted by Crippen LogP contribution is 2.09. The van der Waals surface area contributed by atoms with Gasteiger partial charge in [0.25, 0.3) is 0 Å². The number of hydrogen-bond acceptors (Lipinski definition) is 2. The van der Waals surface area contributed by atoms with Gasteiger partial charge in [0, 0.05) is 17.7 Å². The fraction of sp³-hybridized carbons (Fsp3) is 0.375. The molecule has 1 heterocycles. The summed E-state index contributed by atoms with van der Waals surface area (Å²) in [6, 6.07) is 3.55. The molecule has 0 aliphatic rings. The summed E-state index contributed by atoms with van der Waals surface area (Å²) in [7, 11) is 0. The molecule has 1 aromatic rings. The molecule has 1 atom stereocenters. The van der Waals surface area contributed by atoms with E-state index in [2.05, 4.69) is 0 Å². The van der Waals surface area contributed by atoms with Crippen molar-refractivity contribution in [2.45, 2.75) is 19.4 Å². The van der Waals surface area contributed by atoms with E-state index in [9.17, 15) is 5.21 Å². The maximum absolute atomic E-state index is 10.8. The van der Waals surface area contributed by atoms with Crippen LogP contribution in [0, 0.1) is 5.21 Å². The first-order valence-electron chi connectivity index (χ1n) is 3.68. The third kappa shape index (κ3) is 1.91. The second kappa shape index (κ2) is 3.34. The van der Waals surface area contributed by atoms with Crippen LogP contribution >= 0.6 is 0 Å². The summed E-state index contributed by atoms with van der Waals surface area (Å²) in [5.41, 5.74) is 6.60. The van der Waals surface area contributed by atoms with Crippen molar-refractivity contribution in [3.05, 3.63) is 35.3 Å². The van der Waals surface area contributed by atoms with Gasteiger partial charge in [-0.3, -0.25) is 0 Å². The molecule has 0 bridgehead atoms. The Morgan fingerprint density at radius 3 is 3.00 bits per heavy atom. The topological polar surface area (TPSA) is 53.0 Å². The second-order valence-corrected chi connectivity index (χ2v) is 2.51. The highest BCUT2D eigenvalue weighted by molar-refractivity contribution is 5.10. The standard InChI is InChI=1S/C8H12N2O/c1-2-8(9)7-4-3-5-10(11)6-7/h3-6,8H,2,9H2,1H3. The van der Waals surface area contributed by atoms with E-state index in [1.165, 1.54) is 12.4 Å². The number of hydrogen-bond donors (Lipinski definition) is 1. The Kier molecular flexibility index (Phi) is 2.44. The summed E-state index contributed by atoms with van der Waals surface area (Å²) in [4.78, 5) is 0. The van der Waals surface area contributed by atoms with Crippen molar-refractivity contribution in [1.29, 1.82) is 0 Å². The van der Waals surface area contributed by atoms with E-state index in [0.717, 1.165) is 16.7 Å². The molecule has 0 aliphatic heterocycles. The Bertz CT molecular complexity index is 237. The van der Waals surface area contributed by atoms with Crippen molar-refractivity contribution in [2.24, 2.45) is 5.73 Å². The van der Waals surface area contributed by atoms with E-state index in [4.69, 9.17) is 5.73 Å². The lowest BCUT2D eigenvalue weighted by Crippen LogP contribution is -2.26. The van der Waals surface area contributed by atoms with Crippen LogP contribution in [0.15, 0.2) is 24.5 Å². The Labute approximate surface area is 66.0 Å². The highest BCUT2D eigenvalue weighted by atomic mass is 16.5. The molecular weight excluding hydrogens is 140 g/mol. The molecule has 0 radical (unpaired) electrons. The molecule has 0 aliphatic carbocycles. The largest absolute Gasteiger partial charge is 0.619 e. The smallest absolute Gasteiger partial charge is 0.185 e. The summed E-state index contributed by atoms with van der Waals surface area (Å²) in [5.74, 6) is 0. The summed E-state index contributed by atoms with van der Waals surface area (Å²) >= 11 is 0. The van der Waals surface area contributed by atoms with E-state index in [-0.39, 0.29) is 6.04 Å². The van der Waals surface area contributed by atoms with Crippen molar-refractivity contribution in [3.8, 4) is 0 Å². The zero-order valence-corrected chi connectivity index (χ0v) is 6.53. The molecule has 0 spiro atoms. The molecule has 0 fully saturated rings. The molecular formula is C8H12N2O. The van der Waals surface area contributed by atoms with E-state index < -0.39 is 0 Å². The lowest BCUT2D eigenvalue weighted by molar-refractivity contribution is -0.605. The van der Waals surface area contributed by atoms with Gasteiger partial charge in [-0.25, -0.2) is 0 Å². The normalized spacial score (nSPS) is 12.9. The van der Waals surface area contributed by atoms with E-state index in [1.54, 1.807) is 6.07 Å². The third-order valence-corrected chi connectivity index (χ3v) is 1.67. The highest BCUT2D eigenvalue weighted by Gasteiger charge is 2.04. The predicted molar refractivity (Wildman–Crippen MR) is 42.6 cm³/mol. The summed E-state index contributed by atoms with van der Waals surface area (Å²) < 4.78 is 0.769. The fourth-order valence-corrected chi connectivity index (χ4v) is 0.927. The molecule has 1 aromatic heterocycles. The Balaban J connectivity index is 2.86. The second-order valence-electron chi connectivity index (χ2n) is 2.51. The Hall–Kier alpha value is -1.09. The van der Waals surface area contributed by atoms with Gasteiger partial charge in [-0.1, -0.05) is 6.92 Å². The van der Waals surface area contributed by atoms with E-state index in [1.807, 2.05) is 13.0 Å². The van der Waals surface area contributed by atoms with Crippen LogP contribution in [0.2, 0.25) is 0 Å². The van der Waals surface area contributed by atoms with Crippen LogP contribution in [-0.2, 0) is 0 Å². The Morgan fingerprint density at radius 2 is 2.45 bits per heavy atom. The maximum Gasteiger partial charge on any atom is 0.185 e. The van der Waals surface area contributed by atoms with Gasteiger partial charge >= 0.3 is 0 Å². The first-order valence-corrected chi connectivity index (χ1v) is 3.68. The molecule has 1 unspecified atom stereocenters. The lowest BCUT2D eigenvalue weighted by atomic mass is 10.1. The van der Waals surface area contributed by atoms with Crippen molar-refractivity contribution in [1.82, 2.24) is 0 Å². The third-order valence-electron chi connectivity index (χ3n) is 1.67. The number of pyridine rings is 1. The molecule has 11 heavy (non-hydrogen) atoms. The van der Waals surface area contributed by atoms with Crippen LogP contribution in [0.25, 0.3) is 0 Å². The van der Waals surface area contributed by atoms with Gasteiger partial charge in [0.2, 0.25) is 0 Å². The minimum atomic E-state index is -0.0172. The summed E-state index contributed by atoms with van der Waals surface area (Å²) in [5, 5.41) is 10.8. The van der Waals surface area contributed by atoms with Crippen LogP contribution in [0.1, 0.15) is 24.9 Å². The van der Waals surface area contributed by atoms with Crippen molar-refractivity contribution < 1.29 is 4.73 Å². The summed E-state index contributed by atoms with van der Waals surface area (Å²) in [6.07, 6.45) is 3.81. The molecule has 0 aromatic carbocycles. The predicted octanol–water partition coefficient (Wildman–Crippen LogP) is 0.730. The molecule has 0 saturated carbocycles. The zero-order valence-electron chi connectivity index (χ0n) is 6.53. The molecule has 3 heteroatoms. The number of nitrogens with two attached hydrogens (primary N) is 1. The van der Waals surface area contributed by atoms with Gasteiger partial charge in [0.05, 0.1) is 0 Å². The van der Waals surface area contributed by atoms with Crippen LogP contribution in [0.4, 0.5) is 0 Å². The van der Waals surface area contributed by atoms with Crippen molar-refractivity contribution in [2.75, 3.05) is 0 Å². The van der Waals surface area contributed by atoms with Crippen molar-refractivity contribution >= 4 is 0 Å². The Morgan fingerprint density at radius 1 is 1.73 bits per heavy atom.